The van der Waals surface area contributed by atoms with E-state index in [0.29, 0.717) is 11.4 Å². The van der Waals surface area contributed by atoms with Crippen LogP contribution in [0.4, 0.5) is 5.69 Å². The first kappa shape index (κ1) is 16.3. The van der Waals surface area contributed by atoms with Gasteiger partial charge in [0.2, 0.25) is 10.0 Å². The molecule has 0 bridgehead atoms. The van der Waals surface area contributed by atoms with Gasteiger partial charge in [0.05, 0.1) is 11.3 Å². The van der Waals surface area contributed by atoms with E-state index in [-0.39, 0.29) is 11.4 Å². The highest BCUT2D eigenvalue weighted by molar-refractivity contribution is 7.98. The van der Waals surface area contributed by atoms with Crippen LogP contribution in [0, 0.1) is 0 Å². The van der Waals surface area contributed by atoms with Crippen molar-refractivity contribution in [1.29, 1.82) is 0 Å². The number of nitrogens with one attached hydrogen (secondary N) is 2. The maximum absolute atomic E-state index is 11.9. The summed E-state index contributed by atoms with van der Waals surface area (Å²) in [7, 11) is -2.14. The topological polar surface area (TPSA) is 78.4 Å². The molecule has 0 amide bonds. The van der Waals surface area contributed by atoms with Crippen LogP contribution in [0.2, 0.25) is 0 Å². The Morgan fingerprint density at radius 2 is 2.00 bits per heavy atom. The predicted octanol–water partition coefficient (Wildman–Crippen LogP) is 1.12. The summed E-state index contributed by atoms with van der Waals surface area (Å²) in [6, 6.07) is 6.62. The molecule has 0 aliphatic rings. The fourth-order valence-corrected chi connectivity index (χ4v) is 3.24. The number of hydrogen-bond donors (Lipinski definition) is 3. The van der Waals surface area contributed by atoms with E-state index in [1.54, 1.807) is 25.1 Å². The van der Waals surface area contributed by atoms with Crippen LogP contribution in [-0.4, -0.2) is 44.7 Å². The lowest BCUT2D eigenvalue weighted by Gasteiger charge is -2.24. The average Bonchev–Trinajstić information content (AvgIpc) is 2.37. The number of sulfonamides is 1. The van der Waals surface area contributed by atoms with Gasteiger partial charge in [0.15, 0.2) is 0 Å². The van der Waals surface area contributed by atoms with Gasteiger partial charge < -0.3 is 10.4 Å². The molecular formula is C12H20N2O3S2. The van der Waals surface area contributed by atoms with Crippen molar-refractivity contribution in [3.05, 3.63) is 24.3 Å². The number of benzene rings is 1. The Labute approximate surface area is 118 Å². The van der Waals surface area contributed by atoms with E-state index in [4.69, 9.17) is 0 Å². The first-order valence-corrected chi connectivity index (χ1v) is 8.68. The molecule has 0 heterocycles. The smallest absolute Gasteiger partial charge is 0.242 e. The lowest BCUT2D eigenvalue weighted by molar-refractivity contribution is 0.0996. The quantitative estimate of drug-likeness (QED) is 0.703. The van der Waals surface area contributed by atoms with E-state index in [1.807, 2.05) is 6.26 Å². The van der Waals surface area contributed by atoms with Gasteiger partial charge in [0, 0.05) is 12.3 Å². The number of thioether (sulfide) groups is 1. The minimum Gasteiger partial charge on any atom is -0.387 e. The van der Waals surface area contributed by atoms with Gasteiger partial charge in [0.25, 0.3) is 0 Å². The average molecular weight is 304 g/mol. The second kappa shape index (κ2) is 6.60. The van der Waals surface area contributed by atoms with Crippen LogP contribution in [0.25, 0.3) is 0 Å². The van der Waals surface area contributed by atoms with Crippen LogP contribution < -0.4 is 10.0 Å². The molecule has 0 aromatic heterocycles. The van der Waals surface area contributed by atoms with Crippen molar-refractivity contribution in [2.75, 3.05) is 30.9 Å². The van der Waals surface area contributed by atoms with Crippen molar-refractivity contribution >= 4 is 27.5 Å². The molecule has 0 spiro atoms. The van der Waals surface area contributed by atoms with Crippen molar-refractivity contribution in [2.24, 2.45) is 0 Å². The van der Waals surface area contributed by atoms with E-state index >= 15 is 0 Å². The molecule has 1 aromatic carbocycles. The van der Waals surface area contributed by atoms with Gasteiger partial charge in [-0.15, -0.1) is 0 Å². The third-order valence-corrected chi connectivity index (χ3v) is 4.94. The van der Waals surface area contributed by atoms with Gasteiger partial charge in [-0.1, -0.05) is 12.1 Å². The first-order valence-electron chi connectivity index (χ1n) is 5.80. The van der Waals surface area contributed by atoms with E-state index in [0.717, 1.165) is 0 Å². The fourth-order valence-electron chi connectivity index (χ4n) is 1.60. The molecule has 0 aliphatic carbocycles. The largest absolute Gasteiger partial charge is 0.387 e. The third-order valence-electron chi connectivity index (χ3n) is 2.56. The van der Waals surface area contributed by atoms with Gasteiger partial charge in [-0.05, 0) is 32.4 Å². The Kier molecular flexibility index (Phi) is 5.66. The number of para-hydroxylation sites is 1. The predicted molar refractivity (Wildman–Crippen MR) is 80.2 cm³/mol. The van der Waals surface area contributed by atoms with Crippen molar-refractivity contribution in [1.82, 2.24) is 4.72 Å². The van der Waals surface area contributed by atoms with Crippen LogP contribution in [0.15, 0.2) is 29.2 Å². The minimum absolute atomic E-state index is 0.178. The molecule has 19 heavy (non-hydrogen) atoms. The molecule has 0 radical (unpaired) electrons. The molecule has 3 N–H and O–H groups in total. The summed E-state index contributed by atoms with van der Waals surface area (Å²) in [4.78, 5) is 0.178. The molecule has 1 rings (SSSR count). The van der Waals surface area contributed by atoms with E-state index in [9.17, 15) is 13.5 Å². The maximum atomic E-state index is 11.9. The van der Waals surface area contributed by atoms with Crippen LogP contribution in [0.1, 0.15) is 6.92 Å². The summed E-state index contributed by atoms with van der Waals surface area (Å²) in [5, 5.41) is 13.1. The summed E-state index contributed by atoms with van der Waals surface area (Å²) in [6.45, 7) is 2.00. The van der Waals surface area contributed by atoms with Crippen molar-refractivity contribution in [3.8, 4) is 0 Å². The molecule has 1 atom stereocenters. The normalized spacial score (nSPS) is 14.9. The van der Waals surface area contributed by atoms with E-state index in [1.165, 1.54) is 24.9 Å². The maximum Gasteiger partial charge on any atom is 0.242 e. The molecule has 5 nitrogen and oxygen atoms in total. The second-order valence-electron chi connectivity index (χ2n) is 4.49. The van der Waals surface area contributed by atoms with Crippen LogP contribution in [0.3, 0.4) is 0 Å². The van der Waals surface area contributed by atoms with Crippen LogP contribution >= 0.6 is 11.8 Å². The van der Waals surface area contributed by atoms with Crippen molar-refractivity contribution in [3.63, 3.8) is 0 Å². The number of hydrogen-bond acceptors (Lipinski definition) is 5. The number of anilines is 1. The van der Waals surface area contributed by atoms with E-state index < -0.39 is 15.6 Å². The second-order valence-corrected chi connectivity index (χ2v) is 7.21. The third kappa shape index (κ3) is 4.68. The Balaban J connectivity index is 2.91. The minimum atomic E-state index is -3.51. The molecule has 108 valence electrons. The van der Waals surface area contributed by atoms with Gasteiger partial charge in [0.1, 0.15) is 4.90 Å². The Hall–Kier alpha value is -0.760. The monoisotopic (exact) mass is 304 g/mol. The standard InChI is InChI=1S/C12H20N2O3S2/c1-12(15,9-18-3)8-14-10-6-4-5-7-11(10)19(16,17)13-2/h4-7,13-15H,8-9H2,1-3H3. The summed E-state index contributed by atoms with van der Waals surface area (Å²) in [5.74, 6) is 0.570. The molecule has 0 saturated heterocycles. The highest BCUT2D eigenvalue weighted by Gasteiger charge is 2.21. The van der Waals surface area contributed by atoms with Gasteiger partial charge in [-0.25, -0.2) is 13.1 Å². The van der Waals surface area contributed by atoms with Gasteiger partial charge in [-0.3, -0.25) is 0 Å². The summed E-state index contributed by atoms with van der Waals surface area (Å²) in [5.41, 5.74) is -0.408. The zero-order valence-electron chi connectivity index (χ0n) is 11.3. The summed E-state index contributed by atoms with van der Waals surface area (Å²) in [6.07, 6.45) is 1.91. The molecule has 7 heteroatoms. The number of aliphatic hydroxyl groups is 1. The lowest BCUT2D eigenvalue weighted by atomic mass is 10.1. The zero-order valence-corrected chi connectivity index (χ0v) is 12.9. The fraction of sp³-hybridized carbons (Fsp3) is 0.500. The molecule has 0 aliphatic heterocycles. The molecule has 1 unspecified atom stereocenters. The van der Waals surface area contributed by atoms with Gasteiger partial charge >= 0.3 is 0 Å². The van der Waals surface area contributed by atoms with Crippen LogP contribution in [-0.2, 0) is 10.0 Å². The Bertz CT molecular complexity index is 515. The van der Waals surface area contributed by atoms with Crippen LogP contribution in [0.5, 0.6) is 0 Å². The van der Waals surface area contributed by atoms with Crippen molar-refractivity contribution < 1.29 is 13.5 Å². The highest BCUT2D eigenvalue weighted by Crippen LogP contribution is 2.21. The summed E-state index contributed by atoms with van der Waals surface area (Å²) >= 11 is 1.54. The lowest BCUT2D eigenvalue weighted by Crippen LogP contribution is -2.36. The Morgan fingerprint density at radius 3 is 2.58 bits per heavy atom. The molecule has 0 saturated carbocycles. The first-order chi connectivity index (χ1) is 8.82. The number of rotatable bonds is 7. The zero-order chi connectivity index (χ0) is 14.5. The highest BCUT2D eigenvalue weighted by atomic mass is 32.2. The SMILES string of the molecule is CNS(=O)(=O)c1ccccc1NCC(C)(O)CSC. The molecule has 0 fully saturated rings. The molecular weight excluding hydrogens is 284 g/mol. The molecule has 1 aromatic rings. The van der Waals surface area contributed by atoms with Crippen molar-refractivity contribution in [2.45, 2.75) is 17.4 Å². The van der Waals surface area contributed by atoms with Gasteiger partial charge in [-0.2, -0.15) is 11.8 Å². The summed E-state index contributed by atoms with van der Waals surface area (Å²) < 4.78 is 26.0. The Morgan fingerprint density at radius 1 is 1.37 bits per heavy atom. The van der Waals surface area contributed by atoms with E-state index in [2.05, 4.69) is 10.0 Å².